The number of hydrogen-bond donors (Lipinski definition) is 2. The minimum absolute atomic E-state index is 1.26. The Bertz CT molecular complexity index is 530. The Labute approximate surface area is 193 Å². The first-order valence-electron chi connectivity index (χ1n) is 11.4. The van der Waals surface area contributed by atoms with E-state index >= 15 is 0 Å². The third-order valence-electron chi connectivity index (χ3n) is 3.66. The van der Waals surface area contributed by atoms with Crippen LogP contribution in [0.5, 0.6) is 0 Å². The lowest BCUT2D eigenvalue weighted by atomic mass is 10.0. The van der Waals surface area contributed by atoms with E-state index in [1.165, 1.54) is 76.2 Å². The molecule has 0 aromatic heterocycles. The molecule has 0 aliphatic heterocycles. The predicted molar refractivity (Wildman–Crippen MR) is 135 cm³/mol. The standard InChI is InChI=1S/C18H30.2C3H9N.H2O4S/c1-2-3-4-5-6-7-8-9-10-12-15-18-16-13-11-14-17-18;2*1-4(2)3;1-5(2,3)4/h11,13-14,16-17H,2-10,12,15H2,1H3;2*1-3H3;(H2,1,2,3,4). The molecule has 186 valence electrons. The summed E-state index contributed by atoms with van der Waals surface area (Å²) in [5.74, 6) is 0. The van der Waals surface area contributed by atoms with Crippen LogP contribution in [-0.4, -0.2) is 69.6 Å². The van der Waals surface area contributed by atoms with Crippen LogP contribution >= 0.6 is 0 Å². The molecule has 7 heteroatoms. The highest BCUT2D eigenvalue weighted by Crippen LogP contribution is 2.12. The maximum atomic E-state index is 8.74. The van der Waals surface area contributed by atoms with Crippen molar-refractivity contribution >= 4 is 10.4 Å². The Morgan fingerprint density at radius 2 is 0.935 bits per heavy atom. The molecular weight excluding hydrogens is 412 g/mol. The Balaban J connectivity index is -0.000000493. The second-order valence-electron chi connectivity index (χ2n) is 8.55. The molecule has 2 N–H and O–H groups in total. The van der Waals surface area contributed by atoms with E-state index in [4.69, 9.17) is 17.5 Å². The summed E-state index contributed by atoms with van der Waals surface area (Å²) in [7, 11) is 7.33. The normalized spacial score (nSPS) is 10.4. The molecular formula is C24H50N2O4S. The van der Waals surface area contributed by atoms with Crippen LogP contribution in [0, 0.1) is 0 Å². The first kappa shape index (κ1) is 34.6. The topological polar surface area (TPSA) is 81.1 Å². The monoisotopic (exact) mass is 462 g/mol. The van der Waals surface area contributed by atoms with Crippen LogP contribution in [-0.2, 0) is 16.8 Å². The lowest BCUT2D eigenvalue weighted by Crippen LogP contribution is -1.99. The molecule has 1 aromatic rings. The average molecular weight is 463 g/mol. The van der Waals surface area contributed by atoms with Gasteiger partial charge in [0.1, 0.15) is 0 Å². The zero-order valence-electron chi connectivity index (χ0n) is 21.2. The van der Waals surface area contributed by atoms with Gasteiger partial charge < -0.3 is 9.80 Å². The SMILES string of the molecule is CCCCCCCCCCCCc1ccccc1.CN(C)C.CN(C)C.O=S(=O)(O)O. The van der Waals surface area contributed by atoms with Crippen molar-refractivity contribution in [2.45, 2.75) is 77.6 Å². The predicted octanol–water partition coefficient (Wildman–Crippen LogP) is 5.85. The van der Waals surface area contributed by atoms with Crippen LogP contribution < -0.4 is 0 Å². The summed E-state index contributed by atoms with van der Waals surface area (Å²) in [6.45, 7) is 2.28. The van der Waals surface area contributed by atoms with E-state index in [0.717, 1.165) is 0 Å². The van der Waals surface area contributed by atoms with E-state index in [0.29, 0.717) is 0 Å². The fourth-order valence-corrected chi connectivity index (χ4v) is 2.46. The maximum absolute atomic E-state index is 8.74. The van der Waals surface area contributed by atoms with Crippen molar-refractivity contribution in [2.24, 2.45) is 0 Å². The number of nitrogens with zero attached hydrogens (tertiary/aromatic N) is 2. The minimum Gasteiger partial charge on any atom is -0.312 e. The first-order chi connectivity index (χ1) is 14.4. The lowest BCUT2D eigenvalue weighted by molar-refractivity contribution is 0.381. The Morgan fingerprint density at radius 3 is 1.26 bits per heavy atom. The van der Waals surface area contributed by atoms with Crippen LogP contribution in [0.2, 0.25) is 0 Å². The summed E-state index contributed by atoms with van der Waals surface area (Å²) >= 11 is 0. The van der Waals surface area contributed by atoms with E-state index < -0.39 is 10.4 Å². The molecule has 1 aromatic carbocycles. The summed E-state index contributed by atoms with van der Waals surface area (Å²) < 4.78 is 31.6. The van der Waals surface area contributed by atoms with Gasteiger partial charge in [-0.2, -0.15) is 8.42 Å². The fourth-order valence-electron chi connectivity index (χ4n) is 2.46. The highest BCUT2D eigenvalue weighted by atomic mass is 32.3. The Kier molecular flexibility index (Phi) is 28.2. The second kappa shape index (κ2) is 25.3. The third kappa shape index (κ3) is 58.6. The largest absolute Gasteiger partial charge is 0.394 e. The van der Waals surface area contributed by atoms with Crippen molar-refractivity contribution in [3.05, 3.63) is 35.9 Å². The van der Waals surface area contributed by atoms with Gasteiger partial charge in [0.2, 0.25) is 0 Å². The molecule has 0 fully saturated rings. The molecule has 0 saturated carbocycles. The Morgan fingerprint density at radius 1 is 0.645 bits per heavy atom. The van der Waals surface area contributed by atoms with E-state index in [-0.39, 0.29) is 0 Å². The van der Waals surface area contributed by atoms with Crippen LogP contribution in [0.3, 0.4) is 0 Å². The van der Waals surface area contributed by atoms with Crippen molar-refractivity contribution < 1.29 is 17.5 Å². The van der Waals surface area contributed by atoms with E-state index in [1.54, 1.807) is 0 Å². The average Bonchev–Trinajstić information content (AvgIpc) is 2.62. The number of benzene rings is 1. The van der Waals surface area contributed by atoms with Gasteiger partial charge in [-0.25, -0.2) is 0 Å². The van der Waals surface area contributed by atoms with Gasteiger partial charge in [-0.15, -0.1) is 0 Å². The zero-order chi connectivity index (χ0) is 24.5. The molecule has 0 bridgehead atoms. The van der Waals surface area contributed by atoms with Gasteiger partial charge in [0.15, 0.2) is 0 Å². The fraction of sp³-hybridized carbons (Fsp3) is 0.750. The lowest BCUT2D eigenvalue weighted by Gasteiger charge is -2.03. The smallest absolute Gasteiger partial charge is 0.312 e. The van der Waals surface area contributed by atoms with Crippen molar-refractivity contribution in [3.8, 4) is 0 Å². The van der Waals surface area contributed by atoms with E-state index in [9.17, 15) is 0 Å². The van der Waals surface area contributed by atoms with Gasteiger partial charge in [-0.05, 0) is 60.7 Å². The molecule has 0 unspecified atom stereocenters. The van der Waals surface area contributed by atoms with Gasteiger partial charge in [-0.3, -0.25) is 9.11 Å². The molecule has 0 aliphatic rings. The highest BCUT2D eigenvalue weighted by Gasteiger charge is 1.94. The van der Waals surface area contributed by atoms with Gasteiger partial charge in [0.05, 0.1) is 0 Å². The molecule has 1 rings (SSSR count). The van der Waals surface area contributed by atoms with E-state index in [1.807, 2.05) is 52.1 Å². The molecule has 0 atom stereocenters. The van der Waals surface area contributed by atoms with Crippen LogP contribution in [0.15, 0.2) is 30.3 Å². The quantitative estimate of drug-likeness (QED) is 0.317. The highest BCUT2D eigenvalue weighted by molar-refractivity contribution is 7.79. The van der Waals surface area contributed by atoms with E-state index in [2.05, 4.69) is 37.3 Å². The minimum atomic E-state index is -4.67. The van der Waals surface area contributed by atoms with Gasteiger partial charge in [-0.1, -0.05) is 95.0 Å². The summed E-state index contributed by atoms with van der Waals surface area (Å²) in [5, 5.41) is 0. The van der Waals surface area contributed by atoms with Crippen molar-refractivity contribution in [3.63, 3.8) is 0 Å². The first-order valence-corrected chi connectivity index (χ1v) is 12.8. The second-order valence-corrected chi connectivity index (χ2v) is 9.44. The van der Waals surface area contributed by atoms with Crippen LogP contribution in [0.4, 0.5) is 0 Å². The maximum Gasteiger partial charge on any atom is 0.394 e. The molecule has 0 amide bonds. The molecule has 0 saturated heterocycles. The van der Waals surface area contributed by atoms with Gasteiger partial charge >= 0.3 is 10.4 Å². The van der Waals surface area contributed by atoms with Crippen molar-refractivity contribution in [2.75, 3.05) is 42.3 Å². The van der Waals surface area contributed by atoms with Gasteiger partial charge in [0.25, 0.3) is 0 Å². The third-order valence-corrected chi connectivity index (χ3v) is 3.66. The molecule has 0 heterocycles. The molecule has 0 aliphatic carbocycles. The van der Waals surface area contributed by atoms with Crippen molar-refractivity contribution in [1.29, 1.82) is 0 Å². The van der Waals surface area contributed by atoms with Crippen LogP contribution in [0.1, 0.15) is 76.7 Å². The number of hydrogen-bond acceptors (Lipinski definition) is 4. The van der Waals surface area contributed by atoms with Gasteiger partial charge in [0, 0.05) is 0 Å². The summed E-state index contributed by atoms with van der Waals surface area (Å²) in [4.78, 5) is 4.00. The van der Waals surface area contributed by atoms with Crippen LogP contribution in [0.25, 0.3) is 0 Å². The summed E-state index contributed by atoms with van der Waals surface area (Å²) in [5.41, 5.74) is 1.50. The summed E-state index contributed by atoms with van der Waals surface area (Å²) in [6, 6.07) is 10.9. The number of unbranched alkanes of at least 4 members (excludes halogenated alkanes) is 9. The molecule has 0 spiro atoms. The molecule has 31 heavy (non-hydrogen) atoms. The number of rotatable bonds is 11. The zero-order valence-corrected chi connectivity index (χ0v) is 22.0. The molecule has 6 nitrogen and oxygen atoms in total. The Hall–Kier alpha value is -0.990. The molecule has 0 radical (unpaired) electrons. The number of aryl methyl sites for hydroxylation is 1. The van der Waals surface area contributed by atoms with Crippen molar-refractivity contribution in [1.82, 2.24) is 9.80 Å². The summed E-state index contributed by atoms with van der Waals surface area (Å²) in [6.07, 6.45) is 15.5.